The predicted molar refractivity (Wildman–Crippen MR) is 71.5 cm³/mol. The molecule has 90 valence electrons. The zero-order valence-electron chi connectivity index (χ0n) is 10.3. The fourth-order valence-electron chi connectivity index (χ4n) is 1.89. The van der Waals surface area contributed by atoms with Crippen LogP contribution in [0.3, 0.4) is 0 Å². The van der Waals surface area contributed by atoms with Crippen LogP contribution in [0.1, 0.15) is 5.56 Å². The summed E-state index contributed by atoms with van der Waals surface area (Å²) in [5.41, 5.74) is 2.82. The first-order chi connectivity index (χ1) is 8.76. The number of aryl methyl sites for hydroxylation is 1. The summed E-state index contributed by atoms with van der Waals surface area (Å²) in [6.07, 6.45) is 0. The molecule has 1 aromatic carbocycles. The Morgan fingerprint density at radius 3 is 2.67 bits per heavy atom. The highest BCUT2D eigenvalue weighted by Gasteiger charge is 2.08. The molecule has 0 bridgehead atoms. The van der Waals surface area contributed by atoms with Crippen LogP contribution in [0.15, 0.2) is 40.8 Å². The Hall–Kier alpha value is -2.36. The molecule has 2 heterocycles. The van der Waals surface area contributed by atoms with Gasteiger partial charge < -0.3 is 9.73 Å². The molecule has 4 nitrogen and oxygen atoms in total. The van der Waals surface area contributed by atoms with Crippen LogP contribution < -0.4 is 5.32 Å². The molecule has 0 radical (unpaired) electrons. The van der Waals surface area contributed by atoms with Gasteiger partial charge in [-0.05, 0) is 37.3 Å². The van der Waals surface area contributed by atoms with E-state index in [9.17, 15) is 0 Å². The molecule has 4 heteroatoms. The molecule has 2 aromatic heterocycles. The van der Waals surface area contributed by atoms with Crippen LogP contribution in [0.25, 0.3) is 22.4 Å². The lowest BCUT2D eigenvalue weighted by Gasteiger charge is -1.97. The molecular weight excluding hydrogens is 226 g/mol. The number of hydrogen-bond acceptors (Lipinski definition) is 4. The lowest BCUT2D eigenvalue weighted by Crippen LogP contribution is -1.94. The lowest BCUT2D eigenvalue weighted by molar-refractivity contribution is 0.627. The van der Waals surface area contributed by atoms with Crippen LogP contribution in [0.2, 0.25) is 0 Å². The van der Waals surface area contributed by atoms with E-state index in [0.29, 0.717) is 0 Å². The predicted octanol–water partition coefficient (Wildman–Crippen LogP) is 3.24. The van der Waals surface area contributed by atoms with E-state index in [1.54, 1.807) is 0 Å². The summed E-state index contributed by atoms with van der Waals surface area (Å²) in [6, 6.07) is 11.9. The maximum Gasteiger partial charge on any atom is 0.155 e. The topological polar surface area (TPSA) is 51.0 Å². The molecule has 0 amide bonds. The summed E-state index contributed by atoms with van der Waals surface area (Å²) in [5, 5.41) is 12.2. The second-order valence-electron chi connectivity index (χ2n) is 4.21. The van der Waals surface area contributed by atoms with E-state index in [1.807, 2.05) is 37.4 Å². The van der Waals surface area contributed by atoms with Crippen molar-refractivity contribution in [1.29, 1.82) is 0 Å². The monoisotopic (exact) mass is 239 g/mol. The van der Waals surface area contributed by atoms with E-state index >= 15 is 0 Å². The Balaban J connectivity index is 2.07. The van der Waals surface area contributed by atoms with Gasteiger partial charge in [-0.1, -0.05) is 11.6 Å². The third-order valence-corrected chi connectivity index (χ3v) is 2.84. The summed E-state index contributed by atoms with van der Waals surface area (Å²) in [4.78, 5) is 0. The number of benzene rings is 1. The molecule has 0 aliphatic heterocycles. The molecule has 0 unspecified atom stereocenters. The minimum atomic E-state index is 0.739. The Labute approximate surface area is 105 Å². The van der Waals surface area contributed by atoms with Crippen LogP contribution in [0.5, 0.6) is 0 Å². The van der Waals surface area contributed by atoms with Crippen LogP contribution in [-0.2, 0) is 0 Å². The van der Waals surface area contributed by atoms with Crippen molar-refractivity contribution in [1.82, 2.24) is 10.2 Å². The molecule has 1 N–H and O–H groups in total. The zero-order valence-corrected chi connectivity index (χ0v) is 10.3. The summed E-state index contributed by atoms with van der Waals surface area (Å²) in [6.45, 7) is 2.06. The second-order valence-corrected chi connectivity index (χ2v) is 4.21. The Morgan fingerprint density at radius 2 is 1.94 bits per heavy atom. The van der Waals surface area contributed by atoms with Gasteiger partial charge in [-0.25, -0.2) is 0 Å². The van der Waals surface area contributed by atoms with Gasteiger partial charge in [0.1, 0.15) is 17.1 Å². The first-order valence-electron chi connectivity index (χ1n) is 5.78. The quantitative estimate of drug-likeness (QED) is 0.745. The third-order valence-electron chi connectivity index (χ3n) is 2.84. The average molecular weight is 239 g/mol. The van der Waals surface area contributed by atoms with Crippen molar-refractivity contribution >= 4 is 16.8 Å². The normalized spacial score (nSPS) is 10.8. The van der Waals surface area contributed by atoms with Gasteiger partial charge in [0.05, 0.1) is 0 Å². The van der Waals surface area contributed by atoms with Gasteiger partial charge in [0.25, 0.3) is 0 Å². The first-order valence-corrected chi connectivity index (χ1v) is 5.78. The van der Waals surface area contributed by atoms with Crippen molar-refractivity contribution in [3.8, 4) is 11.5 Å². The molecule has 0 aliphatic rings. The number of furan rings is 1. The molecule has 0 aliphatic carbocycles. The van der Waals surface area contributed by atoms with Crippen LogP contribution >= 0.6 is 0 Å². The Kier molecular flexibility index (Phi) is 2.48. The molecule has 3 rings (SSSR count). The van der Waals surface area contributed by atoms with Crippen molar-refractivity contribution in [2.75, 3.05) is 12.4 Å². The number of fused-ring (bicyclic) bond motifs is 1. The maximum absolute atomic E-state index is 5.76. The second kappa shape index (κ2) is 4.14. The minimum absolute atomic E-state index is 0.739. The first kappa shape index (κ1) is 10.8. The number of aromatic nitrogens is 2. The van der Waals surface area contributed by atoms with Crippen molar-refractivity contribution in [3.63, 3.8) is 0 Å². The highest BCUT2D eigenvalue weighted by atomic mass is 16.3. The van der Waals surface area contributed by atoms with Crippen LogP contribution in [-0.4, -0.2) is 17.2 Å². The number of nitrogens with zero attached hydrogens (tertiary/aromatic N) is 2. The zero-order chi connectivity index (χ0) is 12.5. The molecule has 0 fully saturated rings. The van der Waals surface area contributed by atoms with E-state index in [-0.39, 0.29) is 0 Å². The molecule has 0 atom stereocenters. The highest BCUT2D eigenvalue weighted by Crippen LogP contribution is 2.27. The molecule has 0 saturated heterocycles. The molecule has 18 heavy (non-hydrogen) atoms. The number of anilines is 1. The van der Waals surface area contributed by atoms with Crippen LogP contribution in [0.4, 0.5) is 5.82 Å². The Bertz CT molecular complexity index is 686. The molecule has 0 spiro atoms. The van der Waals surface area contributed by atoms with Gasteiger partial charge in [-0.3, -0.25) is 0 Å². The number of hydrogen-bond donors (Lipinski definition) is 1. The van der Waals surface area contributed by atoms with Gasteiger partial charge in [0, 0.05) is 12.4 Å². The van der Waals surface area contributed by atoms with E-state index in [0.717, 1.165) is 28.2 Å². The summed E-state index contributed by atoms with van der Waals surface area (Å²) in [5.74, 6) is 1.48. The minimum Gasteiger partial charge on any atom is -0.454 e. The van der Waals surface area contributed by atoms with Gasteiger partial charge in [-0.15, -0.1) is 10.2 Å². The van der Waals surface area contributed by atoms with Gasteiger partial charge >= 0.3 is 0 Å². The van der Waals surface area contributed by atoms with Gasteiger partial charge in [0.2, 0.25) is 0 Å². The van der Waals surface area contributed by atoms with E-state index in [4.69, 9.17) is 4.42 Å². The fraction of sp³-hybridized carbons (Fsp3) is 0.143. The molecular formula is C14H13N3O. The third kappa shape index (κ3) is 1.82. The van der Waals surface area contributed by atoms with Gasteiger partial charge in [0.15, 0.2) is 5.76 Å². The van der Waals surface area contributed by atoms with Crippen molar-refractivity contribution in [3.05, 3.63) is 42.0 Å². The molecule has 3 aromatic rings. The fourth-order valence-corrected chi connectivity index (χ4v) is 1.89. The summed E-state index contributed by atoms with van der Waals surface area (Å²) < 4.78 is 5.76. The van der Waals surface area contributed by atoms with Crippen LogP contribution in [0, 0.1) is 6.92 Å². The van der Waals surface area contributed by atoms with E-state index in [1.165, 1.54) is 5.56 Å². The highest BCUT2D eigenvalue weighted by molar-refractivity contribution is 5.82. The number of nitrogens with one attached hydrogen (secondary N) is 1. The summed E-state index contributed by atoms with van der Waals surface area (Å²) >= 11 is 0. The van der Waals surface area contributed by atoms with E-state index < -0.39 is 0 Å². The Morgan fingerprint density at radius 1 is 1.06 bits per heavy atom. The molecule has 0 saturated carbocycles. The SMILES string of the molecule is CNc1ccc(-c2cc3cc(C)ccc3o2)nn1. The van der Waals surface area contributed by atoms with Crippen molar-refractivity contribution in [2.45, 2.75) is 6.92 Å². The standard InChI is InChI=1S/C14H13N3O/c1-9-3-5-12-10(7-9)8-13(18-12)11-4-6-14(15-2)17-16-11/h3-8H,1-2H3,(H,15,17). The van der Waals surface area contributed by atoms with Gasteiger partial charge in [-0.2, -0.15) is 0 Å². The summed E-state index contributed by atoms with van der Waals surface area (Å²) in [7, 11) is 1.81. The largest absolute Gasteiger partial charge is 0.454 e. The van der Waals surface area contributed by atoms with Crippen molar-refractivity contribution < 1.29 is 4.42 Å². The average Bonchev–Trinajstić information content (AvgIpc) is 2.81. The van der Waals surface area contributed by atoms with Crippen molar-refractivity contribution in [2.24, 2.45) is 0 Å². The number of rotatable bonds is 2. The lowest BCUT2D eigenvalue weighted by atomic mass is 10.2. The van der Waals surface area contributed by atoms with E-state index in [2.05, 4.69) is 28.5 Å². The maximum atomic E-state index is 5.76. The smallest absolute Gasteiger partial charge is 0.155 e.